The second-order valence-corrected chi connectivity index (χ2v) is 3.97. The number of aliphatic hydroxyl groups excluding tert-OH is 1. The van der Waals surface area contributed by atoms with Crippen LogP contribution in [-0.2, 0) is 4.74 Å². The molecule has 1 N–H and O–H groups in total. The summed E-state index contributed by atoms with van der Waals surface area (Å²) >= 11 is 5.63. The normalized spacial score (nSPS) is 13.1. The lowest BCUT2D eigenvalue weighted by Gasteiger charge is -2.13. The number of hydrogen-bond donors (Lipinski definition) is 1. The van der Waals surface area contributed by atoms with E-state index in [9.17, 15) is 22.7 Å². The minimum Gasteiger partial charge on any atom is -0.388 e. The van der Waals surface area contributed by atoms with Crippen LogP contribution in [0.4, 0.5) is 17.6 Å². The second-order valence-electron chi connectivity index (χ2n) is 3.56. The summed E-state index contributed by atoms with van der Waals surface area (Å²) in [5, 5.41) is 9.51. The molecule has 0 radical (unpaired) electrons. The molecule has 0 amide bonds. The van der Waals surface area contributed by atoms with Gasteiger partial charge in [-0.15, -0.1) is 0 Å². The topological polar surface area (TPSA) is 29.5 Å². The van der Waals surface area contributed by atoms with E-state index in [0.29, 0.717) is 0 Å². The van der Waals surface area contributed by atoms with E-state index in [4.69, 9.17) is 11.6 Å². The quantitative estimate of drug-likeness (QED) is 0.494. The molecule has 0 aliphatic carbocycles. The van der Waals surface area contributed by atoms with Crippen molar-refractivity contribution in [2.45, 2.75) is 19.0 Å². The maximum Gasteiger partial charge on any atom is 0.261 e. The highest BCUT2D eigenvalue weighted by Crippen LogP contribution is 2.27. The van der Waals surface area contributed by atoms with Gasteiger partial charge in [0.1, 0.15) is 6.61 Å². The van der Waals surface area contributed by atoms with Crippen molar-refractivity contribution >= 4 is 11.6 Å². The molecule has 0 fully saturated rings. The third-order valence-electron chi connectivity index (χ3n) is 2.18. The van der Waals surface area contributed by atoms with Gasteiger partial charge in [0.15, 0.2) is 11.6 Å². The first-order chi connectivity index (χ1) is 8.41. The summed E-state index contributed by atoms with van der Waals surface area (Å²) in [6.45, 7) is -0.876. The van der Waals surface area contributed by atoms with Crippen molar-refractivity contribution in [1.29, 1.82) is 0 Å². The van der Waals surface area contributed by atoms with Gasteiger partial charge in [0.2, 0.25) is 0 Å². The van der Waals surface area contributed by atoms with E-state index in [1.807, 2.05) is 0 Å². The van der Waals surface area contributed by atoms with Gasteiger partial charge in [-0.1, -0.05) is 11.6 Å². The van der Waals surface area contributed by atoms with Crippen molar-refractivity contribution in [3.05, 3.63) is 34.4 Å². The predicted octanol–water partition coefficient (Wildman–Crippen LogP) is 3.32. The minimum atomic E-state index is -2.59. The Balaban J connectivity index is 2.56. The fraction of sp³-hybridized carbons (Fsp3) is 0.455. The largest absolute Gasteiger partial charge is 0.388 e. The highest BCUT2D eigenvalue weighted by Gasteiger charge is 2.15. The lowest BCUT2D eigenvalue weighted by atomic mass is 10.1. The Hall–Kier alpha value is -0.850. The lowest BCUT2D eigenvalue weighted by Crippen LogP contribution is -2.09. The van der Waals surface area contributed by atoms with Gasteiger partial charge in [0.05, 0.1) is 6.10 Å². The summed E-state index contributed by atoms with van der Waals surface area (Å²) < 4.78 is 53.8. The summed E-state index contributed by atoms with van der Waals surface area (Å²) in [6, 6.07) is 1.52. The third kappa shape index (κ3) is 4.44. The smallest absolute Gasteiger partial charge is 0.261 e. The molecule has 1 aromatic rings. The third-order valence-corrected chi connectivity index (χ3v) is 2.51. The van der Waals surface area contributed by atoms with E-state index in [2.05, 4.69) is 4.74 Å². The Kier molecular flexibility index (Phi) is 5.84. The summed E-state index contributed by atoms with van der Waals surface area (Å²) in [5.41, 5.74) is -0.00351. The van der Waals surface area contributed by atoms with Crippen molar-refractivity contribution in [3.8, 4) is 0 Å². The van der Waals surface area contributed by atoms with Gasteiger partial charge in [-0.25, -0.2) is 17.6 Å². The molecule has 102 valence electrons. The zero-order chi connectivity index (χ0) is 13.7. The van der Waals surface area contributed by atoms with E-state index in [-0.39, 0.29) is 23.6 Å². The molecule has 0 saturated carbocycles. The van der Waals surface area contributed by atoms with Crippen LogP contribution < -0.4 is 0 Å². The summed E-state index contributed by atoms with van der Waals surface area (Å²) in [5.74, 6) is -2.26. The van der Waals surface area contributed by atoms with E-state index in [1.54, 1.807) is 0 Å². The minimum absolute atomic E-state index is 0.00351. The Morgan fingerprint density at radius 1 is 1.22 bits per heavy atom. The highest BCUT2D eigenvalue weighted by molar-refractivity contribution is 6.31. The fourth-order valence-corrected chi connectivity index (χ4v) is 1.59. The van der Waals surface area contributed by atoms with Crippen LogP contribution in [0.25, 0.3) is 0 Å². The lowest BCUT2D eigenvalue weighted by molar-refractivity contribution is 0.00479. The molecule has 0 heterocycles. The van der Waals surface area contributed by atoms with Crippen LogP contribution in [0.3, 0.4) is 0 Å². The van der Waals surface area contributed by atoms with Crippen molar-refractivity contribution in [1.82, 2.24) is 0 Å². The molecule has 0 aliphatic heterocycles. The van der Waals surface area contributed by atoms with Gasteiger partial charge in [-0.05, 0) is 12.1 Å². The number of rotatable bonds is 6. The number of aliphatic hydroxyl groups is 1. The first-order valence-corrected chi connectivity index (χ1v) is 5.48. The predicted molar refractivity (Wildman–Crippen MR) is 57.8 cm³/mol. The van der Waals surface area contributed by atoms with E-state index < -0.39 is 30.8 Å². The average Bonchev–Trinajstić information content (AvgIpc) is 2.28. The first kappa shape index (κ1) is 15.2. The molecule has 2 nitrogen and oxygen atoms in total. The summed E-state index contributed by atoms with van der Waals surface area (Å²) in [6.07, 6.45) is -3.84. The molecule has 1 aromatic carbocycles. The zero-order valence-electron chi connectivity index (χ0n) is 9.18. The Bertz CT molecular complexity index is 401. The van der Waals surface area contributed by atoms with Crippen LogP contribution in [-0.4, -0.2) is 24.7 Å². The van der Waals surface area contributed by atoms with Crippen LogP contribution in [0.2, 0.25) is 5.02 Å². The van der Waals surface area contributed by atoms with Gasteiger partial charge in [-0.3, -0.25) is 0 Å². The molecular weight excluding hydrogens is 276 g/mol. The van der Waals surface area contributed by atoms with E-state index >= 15 is 0 Å². The van der Waals surface area contributed by atoms with Crippen molar-refractivity contribution in [2.75, 3.05) is 13.2 Å². The van der Waals surface area contributed by atoms with Crippen molar-refractivity contribution in [2.24, 2.45) is 0 Å². The standard InChI is InChI=1S/C11H11ClF4O2/c12-7-4-9(14)8(13)3-6(7)10(17)1-2-18-5-11(15)16/h3-4,10-11,17H,1-2,5H2. The van der Waals surface area contributed by atoms with E-state index in [0.717, 1.165) is 12.1 Å². The molecule has 1 atom stereocenters. The Morgan fingerprint density at radius 2 is 1.83 bits per heavy atom. The monoisotopic (exact) mass is 286 g/mol. The van der Waals surface area contributed by atoms with Crippen LogP contribution >= 0.6 is 11.6 Å². The maximum atomic E-state index is 12.9. The van der Waals surface area contributed by atoms with Gasteiger partial charge in [0, 0.05) is 23.6 Å². The van der Waals surface area contributed by atoms with Gasteiger partial charge in [0.25, 0.3) is 6.43 Å². The number of alkyl halides is 2. The molecule has 0 saturated heterocycles. The zero-order valence-corrected chi connectivity index (χ0v) is 9.93. The van der Waals surface area contributed by atoms with Gasteiger partial charge in [-0.2, -0.15) is 0 Å². The fourth-order valence-electron chi connectivity index (χ4n) is 1.32. The average molecular weight is 287 g/mol. The van der Waals surface area contributed by atoms with Crippen LogP contribution in [0.1, 0.15) is 18.1 Å². The first-order valence-electron chi connectivity index (χ1n) is 5.10. The summed E-state index contributed by atoms with van der Waals surface area (Å²) in [4.78, 5) is 0. The number of halogens is 5. The molecule has 1 rings (SSSR count). The number of benzene rings is 1. The second kappa shape index (κ2) is 6.92. The van der Waals surface area contributed by atoms with Crippen LogP contribution in [0.15, 0.2) is 12.1 Å². The molecule has 7 heteroatoms. The molecule has 0 aliphatic rings. The van der Waals surface area contributed by atoms with Crippen LogP contribution in [0, 0.1) is 11.6 Å². The maximum absolute atomic E-state index is 12.9. The van der Waals surface area contributed by atoms with Crippen molar-refractivity contribution in [3.63, 3.8) is 0 Å². The molecule has 0 spiro atoms. The molecule has 0 aromatic heterocycles. The van der Waals surface area contributed by atoms with E-state index in [1.165, 1.54) is 0 Å². The number of ether oxygens (including phenoxy) is 1. The number of hydrogen-bond acceptors (Lipinski definition) is 2. The Labute approximate surface area is 106 Å². The molecule has 1 unspecified atom stereocenters. The molecular formula is C11H11ClF4O2. The van der Waals surface area contributed by atoms with Crippen LogP contribution in [0.5, 0.6) is 0 Å². The van der Waals surface area contributed by atoms with Gasteiger partial charge < -0.3 is 9.84 Å². The Morgan fingerprint density at radius 3 is 2.44 bits per heavy atom. The van der Waals surface area contributed by atoms with Gasteiger partial charge >= 0.3 is 0 Å². The molecule has 18 heavy (non-hydrogen) atoms. The summed E-state index contributed by atoms with van der Waals surface area (Å²) in [7, 11) is 0. The van der Waals surface area contributed by atoms with Crippen molar-refractivity contribution < 1.29 is 27.4 Å². The highest BCUT2D eigenvalue weighted by atomic mass is 35.5. The molecule has 0 bridgehead atoms. The SMILES string of the molecule is OC(CCOCC(F)F)c1cc(F)c(F)cc1Cl.